The van der Waals surface area contributed by atoms with Gasteiger partial charge < -0.3 is 20.6 Å². The number of thioether (sulfide) groups is 1. The molecule has 0 bridgehead atoms. The quantitative estimate of drug-likeness (QED) is 0.567. The number of methoxy groups -OCH3 is 2. The molecular formula is C14H17N5O4S. The van der Waals surface area contributed by atoms with Gasteiger partial charge >= 0.3 is 0 Å². The number of amides is 1. The van der Waals surface area contributed by atoms with E-state index in [0.29, 0.717) is 17.2 Å². The Morgan fingerprint density at radius 3 is 2.75 bits per heavy atom. The summed E-state index contributed by atoms with van der Waals surface area (Å²) in [5, 5.41) is 10.4. The summed E-state index contributed by atoms with van der Waals surface area (Å²) in [6, 6.07) is 5.05. The molecule has 2 rings (SSSR count). The van der Waals surface area contributed by atoms with Crippen LogP contribution in [0.3, 0.4) is 0 Å². The Hall–Kier alpha value is -2.75. The van der Waals surface area contributed by atoms with Gasteiger partial charge in [0, 0.05) is 6.07 Å². The van der Waals surface area contributed by atoms with Gasteiger partial charge in [0.1, 0.15) is 17.2 Å². The van der Waals surface area contributed by atoms with Gasteiger partial charge in [-0.15, -0.1) is 10.2 Å². The van der Waals surface area contributed by atoms with Gasteiger partial charge in [-0.2, -0.15) is 4.68 Å². The molecule has 2 aromatic rings. The number of aromatic nitrogens is 3. The number of anilines is 1. The molecule has 0 saturated carbocycles. The molecule has 0 aliphatic carbocycles. The Bertz CT molecular complexity index is 808. The van der Waals surface area contributed by atoms with Crippen LogP contribution in [0.2, 0.25) is 0 Å². The number of nitrogens with two attached hydrogens (primary N) is 1. The van der Waals surface area contributed by atoms with Crippen molar-refractivity contribution in [2.45, 2.75) is 12.1 Å². The van der Waals surface area contributed by atoms with Crippen molar-refractivity contribution in [3.05, 3.63) is 34.2 Å². The Morgan fingerprint density at radius 1 is 1.33 bits per heavy atom. The molecule has 0 saturated heterocycles. The number of aryl methyl sites for hydroxylation is 1. The molecule has 3 N–H and O–H groups in total. The summed E-state index contributed by atoms with van der Waals surface area (Å²) in [7, 11) is 3.03. The van der Waals surface area contributed by atoms with E-state index in [1.165, 1.54) is 21.1 Å². The smallest absolute Gasteiger partial charge is 0.294 e. The lowest BCUT2D eigenvalue weighted by Crippen LogP contribution is -2.32. The fourth-order valence-electron chi connectivity index (χ4n) is 1.80. The van der Waals surface area contributed by atoms with Crippen molar-refractivity contribution >= 4 is 23.4 Å². The zero-order valence-electron chi connectivity index (χ0n) is 13.4. The molecule has 0 aliphatic heterocycles. The highest BCUT2D eigenvalue weighted by Crippen LogP contribution is 2.29. The number of carbonyl (C=O) groups excluding carboxylic acids is 1. The predicted octanol–water partition coefficient (Wildman–Crippen LogP) is 0.409. The highest BCUT2D eigenvalue weighted by atomic mass is 32.2. The molecular weight excluding hydrogens is 334 g/mol. The summed E-state index contributed by atoms with van der Waals surface area (Å²) < 4.78 is 11.2. The number of ether oxygens (including phenoxy) is 2. The number of rotatable bonds is 6. The average molecular weight is 351 g/mol. The maximum atomic E-state index is 12.1. The number of carbonyl (C=O) groups is 1. The van der Waals surface area contributed by atoms with E-state index in [9.17, 15) is 9.59 Å². The van der Waals surface area contributed by atoms with E-state index >= 15 is 0 Å². The summed E-state index contributed by atoms with van der Waals surface area (Å²) in [5.74, 6) is 6.38. The van der Waals surface area contributed by atoms with Gasteiger partial charge in [0.25, 0.3) is 5.56 Å². The van der Waals surface area contributed by atoms with E-state index in [2.05, 4.69) is 15.5 Å². The highest BCUT2D eigenvalue weighted by Gasteiger charge is 2.12. The van der Waals surface area contributed by atoms with Crippen LogP contribution in [0.4, 0.5) is 5.69 Å². The average Bonchev–Trinajstić information content (AvgIpc) is 2.59. The third-order valence-electron chi connectivity index (χ3n) is 3.03. The molecule has 0 aliphatic rings. The third kappa shape index (κ3) is 3.96. The molecule has 0 fully saturated rings. The van der Waals surface area contributed by atoms with Gasteiger partial charge in [0.15, 0.2) is 0 Å². The number of hydrogen-bond donors (Lipinski definition) is 2. The molecule has 0 atom stereocenters. The lowest BCUT2D eigenvalue weighted by molar-refractivity contribution is -0.113. The standard InChI is InChI=1S/C14H17N5O4S/c1-8-13(21)19(15)14(18-17-8)24-7-12(20)16-10-6-9(22-2)4-5-11(10)23-3/h4-6H,7,15H2,1-3H3,(H,16,20). The van der Waals surface area contributed by atoms with Gasteiger partial charge in [-0.05, 0) is 19.1 Å². The van der Waals surface area contributed by atoms with E-state index in [4.69, 9.17) is 15.3 Å². The van der Waals surface area contributed by atoms with Crippen LogP contribution in [-0.2, 0) is 4.79 Å². The molecule has 10 heteroatoms. The third-order valence-corrected chi connectivity index (χ3v) is 3.98. The minimum atomic E-state index is -0.456. The first kappa shape index (κ1) is 17.6. The summed E-state index contributed by atoms with van der Waals surface area (Å²) in [6.45, 7) is 1.51. The number of hydrogen-bond acceptors (Lipinski definition) is 8. The van der Waals surface area contributed by atoms with Crippen molar-refractivity contribution in [3.8, 4) is 11.5 Å². The zero-order chi connectivity index (χ0) is 17.7. The van der Waals surface area contributed by atoms with Crippen molar-refractivity contribution < 1.29 is 14.3 Å². The van der Waals surface area contributed by atoms with E-state index in [0.717, 1.165) is 16.4 Å². The van der Waals surface area contributed by atoms with Crippen LogP contribution in [0.1, 0.15) is 5.69 Å². The lowest BCUT2D eigenvalue weighted by Gasteiger charge is -2.11. The maximum Gasteiger partial charge on any atom is 0.294 e. The Kier molecular flexibility index (Phi) is 5.64. The maximum absolute atomic E-state index is 12.1. The molecule has 1 heterocycles. The van der Waals surface area contributed by atoms with Crippen LogP contribution in [0.15, 0.2) is 28.2 Å². The fraction of sp³-hybridized carbons (Fsp3) is 0.286. The van der Waals surface area contributed by atoms with Crippen molar-refractivity contribution in [1.82, 2.24) is 14.9 Å². The van der Waals surface area contributed by atoms with Crippen molar-refractivity contribution in [2.75, 3.05) is 31.1 Å². The van der Waals surface area contributed by atoms with Crippen LogP contribution >= 0.6 is 11.8 Å². The van der Waals surface area contributed by atoms with Crippen molar-refractivity contribution in [2.24, 2.45) is 0 Å². The number of nitrogen functional groups attached to an aromatic ring is 1. The van der Waals surface area contributed by atoms with Crippen LogP contribution < -0.4 is 26.2 Å². The first-order valence-electron chi connectivity index (χ1n) is 6.82. The second kappa shape index (κ2) is 7.68. The number of nitrogens with one attached hydrogen (secondary N) is 1. The summed E-state index contributed by atoms with van der Waals surface area (Å²) in [6.07, 6.45) is 0. The zero-order valence-corrected chi connectivity index (χ0v) is 14.2. The normalized spacial score (nSPS) is 10.3. The molecule has 0 radical (unpaired) electrons. The predicted molar refractivity (Wildman–Crippen MR) is 90.1 cm³/mol. The van der Waals surface area contributed by atoms with E-state index < -0.39 is 5.56 Å². The van der Waals surface area contributed by atoms with Crippen LogP contribution in [0, 0.1) is 6.92 Å². The van der Waals surface area contributed by atoms with E-state index in [1.807, 2.05) is 0 Å². The fourth-order valence-corrected chi connectivity index (χ4v) is 2.45. The van der Waals surface area contributed by atoms with E-state index in [1.54, 1.807) is 18.2 Å². The van der Waals surface area contributed by atoms with Crippen molar-refractivity contribution in [1.29, 1.82) is 0 Å². The first-order chi connectivity index (χ1) is 11.5. The van der Waals surface area contributed by atoms with Gasteiger partial charge in [-0.25, -0.2) is 0 Å². The molecule has 1 aromatic carbocycles. The van der Waals surface area contributed by atoms with Gasteiger partial charge in [-0.3, -0.25) is 9.59 Å². The number of nitrogens with zero attached hydrogens (tertiary/aromatic N) is 3. The van der Waals surface area contributed by atoms with Crippen molar-refractivity contribution in [3.63, 3.8) is 0 Å². The summed E-state index contributed by atoms with van der Waals surface area (Å²) in [5.41, 5.74) is 0.206. The largest absolute Gasteiger partial charge is 0.497 e. The van der Waals surface area contributed by atoms with E-state index in [-0.39, 0.29) is 22.5 Å². The molecule has 0 spiro atoms. The summed E-state index contributed by atoms with van der Waals surface area (Å²) >= 11 is 1.00. The topological polar surface area (TPSA) is 121 Å². The Morgan fingerprint density at radius 2 is 2.08 bits per heavy atom. The molecule has 0 unspecified atom stereocenters. The lowest BCUT2D eigenvalue weighted by atomic mass is 10.2. The highest BCUT2D eigenvalue weighted by molar-refractivity contribution is 7.99. The Balaban J connectivity index is 2.07. The van der Waals surface area contributed by atoms with Crippen LogP contribution in [0.25, 0.3) is 0 Å². The molecule has 1 aromatic heterocycles. The minimum Gasteiger partial charge on any atom is -0.497 e. The van der Waals surface area contributed by atoms with Gasteiger partial charge in [0.05, 0.1) is 25.7 Å². The molecule has 1 amide bonds. The van der Waals surface area contributed by atoms with Gasteiger partial charge in [-0.1, -0.05) is 11.8 Å². The monoisotopic (exact) mass is 351 g/mol. The summed E-state index contributed by atoms with van der Waals surface area (Å²) in [4.78, 5) is 23.8. The minimum absolute atomic E-state index is 0.00521. The van der Waals surface area contributed by atoms with Crippen LogP contribution in [0.5, 0.6) is 11.5 Å². The second-order valence-electron chi connectivity index (χ2n) is 4.65. The molecule has 128 valence electrons. The second-order valence-corrected chi connectivity index (χ2v) is 5.59. The Labute approximate surface area is 142 Å². The van der Waals surface area contributed by atoms with Crippen LogP contribution in [-0.4, -0.2) is 40.8 Å². The molecule has 9 nitrogen and oxygen atoms in total. The molecule has 24 heavy (non-hydrogen) atoms. The van der Waals surface area contributed by atoms with Gasteiger partial charge in [0.2, 0.25) is 11.1 Å². The SMILES string of the molecule is COc1ccc(OC)c(NC(=O)CSc2nnc(C)c(=O)n2N)c1. The number of benzene rings is 1. The first-order valence-corrected chi connectivity index (χ1v) is 7.81.